The standard InChI is InChI=1S/C18H15F2N5O/c1-11(26)23-12-3-2-4-13(7-12)24-17-9-18(22-10-21-17)25-14-5-6-15(19)16(20)8-14/h2-10H,1H3,(H,23,26)(H2,21,22,24,25). The summed E-state index contributed by atoms with van der Waals surface area (Å²) in [5, 5.41) is 8.66. The Morgan fingerprint density at radius 2 is 1.50 bits per heavy atom. The fraction of sp³-hybridized carbons (Fsp3) is 0.0556. The Bertz CT molecular complexity index is 948. The minimum absolute atomic E-state index is 0.165. The third-order valence-electron chi connectivity index (χ3n) is 3.31. The molecule has 1 amide bonds. The number of nitrogens with one attached hydrogen (secondary N) is 3. The van der Waals surface area contributed by atoms with Gasteiger partial charge in [-0.1, -0.05) is 6.07 Å². The molecule has 3 N–H and O–H groups in total. The Kier molecular flexibility index (Phi) is 5.02. The van der Waals surface area contributed by atoms with E-state index < -0.39 is 11.6 Å². The van der Waals surface area contributed by atoms with Gasteiger partial charge >= 0.3 is 0 Å². The molecular weight excluding hydrogens is 340 g/mol. The highest BCUT2D eigenvalue weighted by molar-refractivity contribution is 5.89. The third-order valence-corrected chi connectivity index (χ3v) is 3.31. The van der Waals surface area contributed by atoms with Crippen molar-refractivity contribution in [2.45, 2.75) is 6.92 Å². The maximum Gasteiger partial charge on any atom is 0.221 e. The lowest BCUT2D eigenvalue weighted by Crippen LogP contribution is -2.06. The van der Waals surface area contributed by atoms with Gasteiger partial charge in [-0.05, 0) is 30.3 Å². The Morgan fingerprint density at radius 1 is 0.846 bits per heavy atom. The predicted octanol–water partition coefficient (Wildman–Crippen LogP) is 4.20. The van der Waals surface area contributed by atoms with Gasteiger partial charge in [-0.15, -0.1) is 0 Å². The zero-order valence-electron chi connectivity index (χ0n) is 13.8. The van der Waals surface area contributed by atoms with Crippen molar-refractivity contribution >= 4 is 34.6 Å². The van der Waals surface area contributed by atoms with E-state index in [1.54, 1.807) is 24.3 Å². The van der Waals surface area contributed by atoms with Crippen LogP contribution in [0.4, 0.5) is 37.5 Å². The van der Waals surface area contributed by atoms with Crippen LogP contribution in [0.15, 0.2) is 54.9 Å². The highest BCUT2D eigenvalue weighted by atomic mass is 19.2. The largest absolute Gasteiger partial charge is 0.340 e. The molecule has 1 aromatic heterocycles. The van der Waals surface area contributed by atoms with E-state index in [4.69, 9.17) is 0 Å². The fourth-order valence-electron chi connectivity index (χ4n) is 2.24. The number of halogens is 2. The van der Waals surface area contributed by atoms with E-state index in [1.165, 1.54) is 19.3 Å². The average Bonchev–Trinajstić information content (AvgIpc) is 2.58. The molecule has 0 aliphatic rings. The summed E-state index contributed by atoms with van der Waals surface area (Å²) in [7, 11) is 0. The molecule has 0 atom stereocenters. The number of amides is 1. The molecule has 6 nitrogen and oxygen atoms in total. The van der Waals surface area contributed by atoms with Crippen LogP contribution in [0.2, 0.25) is 0 Å². The zero-order chi connectivity index (χ0) is 18.5. The van der Waals surface area contributed by atoms with Gasteiger partial charge in [0.05, 0.1) is 0 Å². The van der Waals surface area contributed by atoms with Gasteiger partial charge in [0, 0.05) is 36.1 Å². The number of hydrogen-bond donors (Lipinski definition) is 3. The van der Waals surface area contributed by atoms with E-state index in [0.717, 1.165) is 12.1 Å². The van der Waals surface area contributed by atoms with Crippen LogP contribution in [0, 0.1) is 11.6 Å². The lowest BCUT2D eigenvalue weighted by atomic mass is 10.2. The zero-order valence-corrected chi connectivity index (χ0v) is 13.8. The van der Waals surface area contributed by atoms with E-state index in [1.807, 2.05) is 6.07 Å². The molecule has 3 rings (SSSR count). The minimum Gasteiger partial charge on any atom is -0.340 e. The molecular formula is C18H15F2N5O. The first-order valence-electron chi connectivity index (χ1n) is 7.68. The summed E-state index contributed by atoms with van der Waals surface area (Å²) in [6.07, 6.45) is 1.34. The molecule has 0 aliphatic heterocycles. The van der Waals surface area contributed by atoms with Gasteiger partial charge in [0.15, 0.2) is 11.6 Å². The summed E-state index contributed by atoms with van der Waals surface area (Å²) in [6, 6.07) is 12.2. The monoisotopic (exact) mass is 355 g/mol. The number of benzene rings is 2. The van der Waals surface area contributed by atoms with Crippen LogP contribution in [0.5, 0.6) is 0 Å². The quantitative estimate of drug-likeness (QED) is 0.639. The highest BCUT2D eigenvalue weighted by Crippen LogP contribution is 2.22. The predicted molar refractivity (Wildman–Crippen MR) is 95.7 cm³/mol. The number of nitrogens with zero attached hydrogens (tertiary/aromatic N) is 2. The molecule has 1 heterocycles. The number of hydrogen-bond acceptors (Lipinski definition) is 5. The van der Waals surface area contributed by atoms with Crippen LogP contribution in [0.25, 0.3) is 0 Å². The van der Waals surface area contributed by atoms with Gasteiger partial charge in [0.25, 0.3) is 0 Å². The van der Waals surface area contributed by atoms with Crippen molar-refractivity contribution in [2.24, 2.45) is 0 Å². The van der Waals surface area contributed by atoms with Crippen LogP contribution in [0.1, 0.15) is 6.92 Å². The Hall–Kier alpha value is -3.55. The van der Waals surface area contributed by atoms with Crippen LogP contribution < -0.4 is 16.0 Å². The van der Waals surface area contributed by atoms with E-state index in [9.17, 15) is 13.6 Å². The van der Waals surface area contributed by atoms with Gasteiger partial charge in [0.2, 0.25) is 5.91 Å². The number of aromatic nitrogens is 2. The molecule has 2 aromatic carbocycles. The fourth-order valence-corrected chi connectivity index (χ4v) is 2.24. The van der Waals surface area contributed by atoms with E-state index >= 15 is 0 Å². The average molecular weight is 355 g/mol. The van der Waals surface area contributed by atoms with Gasteiger partial charge in [-0.3, -0.25) is 4.79 Å². The van der Waals surface area contributed by atoms with Crippen LogP contribution in [-0.4, -0.2) is 15.9 Å². The highest BCUT2D eigenvalue weighted by Gasteiger charge is 2.05. The van der Waals surface area contributed by atoms with Crippen LogP contribution >= 0.6 is 0 Å². The van der Waals surface area contributed by atoms with Crippen LogP contribution in [-0.2, 0) is 4.79 Å². The topological polar surface area (TPSA) is 78.9 Å². The summed E-state index contributed by atoms with van der Waals surface area (Å²) in [5.41, 5.74) is 1.73. The summed E-state index contributed by atoms with van der Waals surface area (Å²) in [6.45, 7) is 1.43. The van der Waals surface area contributed by atoms with Gasteiger partial charge in [-0.2, -0.15) is 0 Å². The van der Waals surface area contributed by atoms with Crippen molar-refractivity contribution in [3.05, 3.63) is 66.5 Å². The number of rotatable bonds is 5. The second-order valence-corrected chi connectivity index (χ2v) is 5.43. The molecule has 0 aliphatic carbocycles. The molecule has 0 saturated carbocycles. The first-order chi connectivity index (χ1) is 12.5. The first kappa shape index (κ1) is 17.3. The van der Waals surface area contributed by atoms with Crippen molar-refractivity contribution in [1.29, 1.82) is 0 Å². The van der Waals surface area contributed by atoms with Crippen molar-refractivity contribution in [1.82, 2.24) is 9.97 Å². The maximum atomic E-state index is 13.3. The van der Waals surface area contributed by atoms with Crippen molar-refractivity contribution in [3.8, 4) is 0 Å². The normalized spacial score (nSPS) is 10.3. The summed E-state index contributed by atoms with van der Waals surface area (Å²) >= 11 is 0. The lowest BCUT2D eigenvalue weighted by Gasteiger charge is -2.10. The maximum absolute atomic E-state index is 13.3. The summed E-state index contributed by atoms with van der Waals surface area (Å²) in [5.74, 6) is -1.13. The molecule has 0 fully saturated rings. The molecule has 0 saturated heterocycles. The third kappa shape index (κ3) is 4.50. The molecule has 26 heavy (non-hydrogen) atoms. The molecule has 132 valence electrons. The van der Waals surface area contributed by atoms with Crippen molar-refractivity contribution in [2.75, 3.05) is 16.0 Å². The number of anilines is 5. The smallest absolute Gasteiger partial charge is 0.221 e. The van der Waals surface area contributed by atoms with Gasteiger partial charge < -0.3 is 16.0 Å². The van der Waals surface area contributed by atoms with Crippen molar-refractivity contribution < 1.29 is 13.6 Å². The van der Waals surface area contributed by atoms with Gasteiger partial charge in [-0.25, -0.2) is 18.7 Å². The molecule has 0 radical (unpaired) electrons. The van der Waals surface area contributed by atoms with Gasteiger partial charge in [0.1, 0.15) is 18.0 Å². The Labute approximate surface area is 148 Å². The van der Waals surface area contributed by atoms with Crippen molar-refractivity contribution in [3.63, 3.8) is 0 Å². The Morgan fingerprint density at radius 3 is 2.15 bits per heavy atom. The lowest BCUT2D eigenvalue weighted by molar-refractivity contribution is -0.114. The molecule has 0 bridgehead atoms. The second kappa shape index (κ2) is 7.56. The van der Waals surface area contributed by atoms with E-state index in [0.29, 0.717) is 28.7 Å². The van der Waals surface area contributed by atoms with Crippen LogP contribution in [0.3, 0.4) is 0 Å². The minimum atomic E-state index is -0.947. The van der Waals surface area contributed by atoms with E-state index in [-0.39, 0.29) is 5.91 Å². The Balaban J connectivity index is 1.75. The number of carbonyl (C=O) groups is 1. The second-order valence-electron chi connectivity index (χ2n) is 5.43. The summed E-state index contributed by atoms with van der Waals surface area (Å²) in [4.78, 5) is 19.3. The summed E-state index contributed by atoms with van der Waals surface area (Å²) < 4.78 is 26.3. The van der Waals surface area contributed by atoms with E-state index in [2.05, 4.69) is 25.9 Å². The molecule has 3 aromatic rings. The molecule has 8 heteroatoms. The SMILES string of the molecule is CC(=O)Nc1cccc(Nc2cc(Nc3ccc(F)c(F)c3)ncn2)c1. The molecule has 0 unspecified atom stereocenters. The molecule has 0 spiro atoms. The first-order valence-corrected chi connectivity index (χ1v) is 7.68. The number of carbonyl (C=O) groups excluding carboxylic acids is 1.